The Hall–Kier alpha value is -2.23. The van der Waals surface area contributed by atoms with E-state index in [9.17, 15) is 0 Å². The van der Waals surface area contributed by atoms with Crippen LogP contribution in [0.3, 0.4) is 0 Å². The van der Waals surface area contributed by atoms with Crippen molar-refractivity contribution in [3.05, 3.63) is 82.6 Å². The van der Waals surface area contributed by atoms with Gasteiger partial charge in [0.1, 0.15) is 15.8 Å². The number of benzene rings is 2. The van der Waals surface area contributed by atoms with Crippen LogP contribution < -0.4 is 0 Å². The minimum atomic E-state index is 0.529. The van der Waals surface area contributed by atoms with E-state index in [1.165, 1.54) is 5.56 Å². The van der Waals surface area contributed by atoms with E-state index in [0.717, 1.165) is 27.2 Å². The van der Waals surface area contributed by atoms with Gasteiger partial charge in [-0.25, -0.2) is 9.97 Å². The summed E-state index contributed by atoms with van der Waals surface area (Å²) in [6, 6.07) is 20.4. The highest BCUT2D eigenvalue weighted by Gasteiger charge is 2.14. The highest BCUT2D eigenvalue weighted by atomic mass is 35.5. The molecule has 2 heterocycles. The molecule has 23 heavy (non-hydrogen) atoms. The summed E-state index contributed by atoms with van der Waals surface area (Å²) < 4.78 is 0. The van der Waals surface area contributed by atoms with Crippen molar-refractivity contribution in [2.24, 2.45) is 0 Å². The molecule has 0 aliphatic rings. The van der Waals surface area contributed by atoms with Crippen LogP contribution in [-0.4, -0.2) is 9.97 Å². The van der Waals surface area contributed by atoms with Gasteiger partial charge in [-0.05, 0) is 11.1 Å². The first-order valence-electron chi connectivity index (χ1n) is 7.34. The van der Waals surface area contributed by atoms with Gasteiger partial charge in [-0.1, -0.05) is 72.3 Å². The standard InChI is InChI=1S/C19H13ClN2S/c20-18-17-15(14-9-5-2-6-10-14)12-23-19(17)22-16(21-18)11-13-7-3-1-4-8-13/h1-10,12H,11H2. The maximum Gasteiger partial charge on any atom is 0.142 e. The minimum absolute atomic E-state index is 0.529. The van der Waals surface area contributed by atoms with Crippen LogP contribution in [0.25, 0.3) is 21.3 Å². The van der Waals surface area contributed by atoms with Crippen LogP contribution in [-0.2, 0) is 6.42 Å². The Labute approximate surface area is 143 Å². The molecule has 0 saturated heterocycles. The van der Waals surface area contributed by atoms with Gasteiger partial charge in [-0.2, -0.15) is 0 Å². The molecule has 0 aliphatic heterocycles. The van der Waals surface area contributed by atoms with Crippen LogP contribution >= 0.6 is 22.9 Å². The van der Waals surface area contributed by atoms with Crippen molar-refractivity contribution in [1.29, 1.82) is 0 Å². The largest absolute Gasteiger partial charge is 0.222 e. The second-order valence-corrected chi connectivity index (χ2v) is 6.50. The molecule has 112 valence electrons. The number of nitrogens with zero attached hydrogens (tertiary/aromatic N) is 2. The SMILES string of the molecule is Clc1nc(Cc2ccccc2)nc2scc(-c3ccccc3)c12. The summed E-state index contributed by atoms with van der Waals surface area (Å²) in [5, 5.41) is 3.58. The zero-order valence-electron chi connectivity index (χ0n) is 12.2. The molecular formula is C19H13ClN2S. The first-order valence-corrected chi connectivity index (χ1v) is 8.60. The average Bonchev–Trinajstić information content (AvgIpc) is 3.01. The van der Waals surface area contributed by atoms with Gasteiger partial charge in [0.15, 0.2) is 0 Å². The Kier molecular flexibility index (Phi) is 3.82. The molecule has 0 saturated carbocycles. The van der Waals surface area contributed by atoms with Crippen LogP contribution in [0.15, 0.2) is 66.0 Å². The molecule has 0 bridgehead atoms. The Morgan fingerprint density at radius 1 is 0.870 bits per heavy atom. The predicted octanol–water partition coefficient (Wildman–Crippen LogP) is 5.60. The maximum atomic E-state index is 6.48. The molecule has 2 aromatic heterocycles. The molecule has 0 amide bonds. The lowest BCUT2D eigenvalue weighted by molar-refractivity contribution is 0.997. The molecule has 4 heteroatoms. The van der Waals surface area contributed by atoms with Crippen molar-refractivity contribution in [3.63, 3.8) is 0 Å². The van der Waals surface area contributed by atoms with E-state index in [4.69, 9.17) is 16.6 Å². The Balaban J connectivity index is 1.78. The van der Waals surface area contributed by atoms with Gasteiger partial charge >= 0.3 is 0 Å². The summed E-state index contributed by atoms with van der Waals surface area (Å²) in [4.78, 5) is 10.2. The average molecular weight is 337 g/mol. The quantitative estimate of drug-likeness (QED) is 0.455. The van der Waals surface area contributed by atoms with Crippen molar-refractivity contribution in [2.45, 2.75) is 6.42 Å². The molecule has 0 radical (unpaired) electrons. The third-order valence-corrected chi connectivity index (χ3v) is 4.87. The number of rotatable bonds is 3. The monoisotopic (exact) mass is 336 g/mol. The van der Waals surface area contributed by atoms with Gasteiger partial charge in [0.2, 0.25) is 0 Å². The number of aromatic nitrogens is 2. The number of thiophene rings is 1. The number of hydrogen-bond acceptors (Lipinski definition) is 3. The van der Waals surface area contributed by atoms with Gasteiger partial charge in [0, 0.05) is 17.4 Å². The van der Waals surface area contributed by atoms with Crippen LogP contribution in [0.2, 0.25) is 5.15 Å². The van der Waals surface area contributed by atoms with E-state index in [0.29, 0.717) is 11.6 Å². The van der Waals surface area contributed by atoms with Crippen LogP contribution in [0.1, 0.15) is 11.4 Å². The number of fused-ring (bicyclic) bond motifs is 1. The van der Waals surface area contributed by atoms with E-state index in [2.05, 4.69) is 34.6 Å². The Bertz CT molecular complexity index is 949. The summed E-state index contributed by atoms with van der Waals surface area (Å²) in [5.74, 6) is 0.759. The van der Waals surface area contributed by atoms with Crippen molar-refractivity contribution in [3.8, 4) is 11.1 Å². The second kappa shape index (κ2) is 6.11. The third-order valence-electron chi connectivity index (χ3n) is 3.73. The lowest BCUT2D eigenvalue weighted by Crippen LogP contribution is -1.97. The molecule has 0 spiro atoms. The summed E-state index contributed by atoms with van der Waals surface area (Å²) in [5.41, 5.74) is 3.42. The van der Waals surface area contributed by atoms with E-state index in [-0.39, 0.29) is 0 Å². The van der Waals surface area contributed by atoms with Crippen LogP contribution in [0, 0.1) is 0 Å². The molecule has 0 atom stereocenters. The molecule has 0 unspecified atom stereocenters. The molecule has 4 aromatic rings. The zero-order chi connectivity index (χ0) is 15.6. The highest BCUT2D eigenvalue weighted by molar-refractivity contribution is 7.17. The summed E-state index contributed by atoms with van der Waals surface area (Å²) in [6.45, 7) is 0. The fraction of sp³-hybridized carbons (Fsp3) is 0.0526. The molecule has 0 N–H and O–H groups in total. The smallest absolute Gasteiger partial charge is 0.142 e. The van der Waals surface area contributed by atoms with Gasteiger partial charge in [0.05, 0.1) is 5.39 Å². The van der Waals surface area contributed by atoms with E-state index in [1.54, 1.807) is 11.3 Å². The number of halogens is 1. The summed E-state index contributed by atoms with van der Waals surface area (Å²) >= 11 is 8.09. The van der Waals surface area contributed by atoms with Crippen molar-refractivity contribution in [2.75, 3.05) is 0 Å². The Morgan fingerprint density at radius 2 is 1.57 bits per heavy atom. The van der Waals surface area contributed by atoms with Crippen LogP contribution in [0.5, 0.6) is 0 Å². The van der Waals surface area contributed by atoms with Gasteiger partial charge in [-0.15, -0.1) is 11.3 Å². The lowest BCUT2D eigenvalue weighted by atomic mass is 10.1. The fourth-order valence-corrected chi connectivity index (χ4v) is 3.94. The van der Waals surface area contributed by atoms with E-state index >= 15 is 0 Å². The van der Waals surface area contributed by atoms with E-state index in [1.807, 2.05) is 36.4 Å². The molecule has 0 fully saturated rings. The lowest BCUT2D eigenvalue weighted by Gasteiger charge is -2.04. The molecule has 2 nitrogen and oxygen atoms in total. The summed E-state index contributed by atoms with van der Waals surface area (Å²) in [7, 11) is 0. The Morgan fingerprint density at radius 3 is 2.30 bits per heavy atom. The second-order valence-electron chi connectivity index (χ2n) is 5.29. The fourth-order valence-electron chi connectivity index (χ4n) is 2.63. The molecule has 0 aliphatic carbocycles. The van der Waals surface area contributed by atoms with Gasteiger partial charge in [-0.3, -0.25) is 0 Å². The van der Waals surface area contributed by atoms with Crippen molar-refractivity contribution < 1.29 is 0 Å². The van der Waals surface area contributed by atoms with E-state index < -0.39 is 0 Å². The minimum Gasteiger partial charge on any atom is -0.222 e. The van der Waals surface area contributed by atoms with Crippen LogP contribution in [0.4, 0.5) is 0 Å². The van der Waals surface area contributed by atoms with Gasteiger partial charge < -0.3 is 0 Å². The third kappa shape index (κ3) is 2.85. The van der Waals surface area contributed by atoms with Crippen molar-refractivity contribution in [1.82, 2.24) is 9.97 Å². The predicted molar refractivity (Wildman–Crippen MR) is 97.1 cm³/mol. The first-order chi connectivity index (χ1) is 11.3. The van der Waals surface area contributed by atoms with Gasteiger partial charge in [0.25, 0.3) is 0 Å². The molecule has 2 aromatic carbocycles. The zero-order valence-corrected chi connectivity index (χ0v) is 13.8. The summed E-state index contributed by atoms with van der Waals surface area (Å²) in [6.07, 6.45) is 0.690. The molecular weight excluding hydrogens is 324 g/mol. The normalized spacial score (nSPS) is 11.0. The van der Waals surface area contributed by atoms with Crippen molar-refractivity contribution >= 4 is 33.2 Å². The number of hydrogen-bond donors (Lipinski definition) is 0. The molecule has 4 rings (SSSR count). The topological polar surface area (TPSA) is 25.8 Å². The first kappa shape index (κ1) is 14.4. The highest BCUT2D eigenvalue weighted by Crippen LogP contribution is 2.36. The maximum absolute atomic E-state index is 6.48.